The van der Waals surface area contributed by atoms with E-state index in [-0.39, 0.29) is 18.6 Å². The van der Waals surface area contributed by atoms with Crippen LogP contribution >= 0.6 is 15.9 Å². The molecule has 0 aliphatic carbocycles. The van der Waals surface area contributed by atoms with Crippen molar-refractivity contribution in [3.63, 3.8) is 0 Å². The van der Waals surface area contributed by atoms with Gasteiger partial charge in [0.1, 0.15) is 17.4 Å². The van der Waals surface area contributed by atoms with E-state index in [1.807, 2.05) is 24.3 Å². The second-order valence-electron chi connectivity index (χ2n) is 6.49. The number of hydrogen-bond donors (Lipinski definition) is 0. The van der Waals surface area contributed by atoms with Gasteiger partial charge in [-0.05, 0) is 35.9 Å². The summed E-state index contributed by atoms with van der Waals surface area (Å²) in [7, 11) is 0. The molecule has 0 N–H and O–H groups in total. The van der Waals surface area contributed by atoms with Crippen LogP contribution in [0.15, 0.2) is 68.3 Å². The number of rotatable bonds is 4. The number of ether oxygens (including phenoxy) is 2. The second kappa shape index (κ2) is 8.16. The van der Waals surface area contributed by atoms with Crippen molar-refractivity contribution in [2.45, 2.75) is 6.10 Å². The van der Waals surface area contributed by atoms with E-state index >= 15 is 0 Å². The van der Waals surface area contributed by atoms with Gasteiger partial charge in [-0.1, -0.05) is 28.1 Å². The minimum atomic E-state index is -0.423. The zero-order chi connectivity index (χ0) is 19.5. The van der Waals surface area contributed by atoms with E-state index in [4.69, 9.17) is 13.9 Å². The molecule has 2 aromatic carbocycles. The van der Waals surface area contributed by atoms with Gasteiger partial charge in [-0.3, -0.25) is 4.79 Å². The highest BCUT2D eigenvalue weighted by Gasteiger charge is 2.25. The number of morpholine rings is 1. The largest absolute Gasteiger partial charge is 0.484 e. The van der Waals surface area contributed by atoms with Gasteiger partial charge in [0.15, 0.2) is 6.61 Å². The summed E-state index contributed by atoms with van der Waals surface area (Å²) in [5.74, 6) is 0.368. The molecule has 28 heavy (non-hydrogen) atoms. The molecular weight excluding hydrogens is 426 g/mol. The van der Waals surface area contributed by atoms with Crippen molar-refractivity contribution >= 4 is 32.8 Å². The fourth-order valence-corrected chi connectivity index (χ4v) is 3.39. The van der Waals surface area contributed by atoms with Gasteiger partial charge in [-0.2, -0.15) is 0 Å². The maximum absolute atomic E-state index is 12.6. The Labute approximate surface area is 169 Å². The normalized spacial score (nSPS) is 16.9. The molecule has 7 heteroatoms. The third-order valence-corrected chi connectivity index (χ3v) is 5.15. The van der Waals surface area contributed by atoms with Crippen LogP contribution in [0.4, 0.5) is 0 Å². The molecule has 1 aromatic heterocycles. The van der Waals surface area contributed by atoms with E-state index < -0.39 is 5.63 Å². The first-order chi connectivity index (χ1) is 13.6. The lowest BCUT2D eigenvalue weighted by Gasteiger charge is -2.33. The van der Waals surface area contributed by atoms with Gasteiger partial charge >= 0.3 is 5.63 Å². The van der Waals surface area contributed by atoms with Crippen molar-refractivity contribution in [3.05, 3.63) is 75.1 Å². The zero-order valence-corrected chi connectivity index (χ0v) is 16.6. The van der Waals surface area contributed by atoms with Crippen molar-refractivity contribution in [3.8, 4) is 5.75 Å². The average Bonchev–Trinajstić information content (AvgIpc) is 2.72. The Balaban J connectivity index is 1.39. The zero-order valence-electron chi connectivity index (χ0n) is 15.0. The van der Waals surface area contributed by atoms with Crippen LogP contribution in [0.2, 0.25) is 0 Å². The lowest BCUT2D eigenvalue weighted by Crippen LogP contribution is -2.44. The van der Waals surface area contributed by atoms with Crippen molar-refractivity contribution in [1.82, 2.24) is 4.90 Å². The summed E-state index contributed by atoms with van der Waals surface area (Å²) in [6, 6.07) is 16.1. The second-order valence-corrected chi connectivity index (χ2v) is 7.41. The van der Waals surface area contributed by atoms with Crippen molar-refractivity contribution in [2.75, 3.05) is 26.3 Å². The molecule has 1 saturated heterocycles. The van der Waals surface area contributed by atoms with E-state index in [1.165, 1.54) is 6.07 Å². The summed E-state index contributed by atoms with van der Waals surface area (Å²) in [4.78, 5) is 25.7. The summed E-state index contributed by atoms with van der Waals surface area (Å²) in [6.07, 6.45) is -0.152. The van der Waals surface area contributed by atoms with Crippen LogP contribution in [0.5, 0.6) is 5.75 Å². The first kappa shape index (κ1) is 18.7. The van der Waals surface area contributed by atoms with Crippen molar-refractivity contribution in [1.29, 1.82) is 0 Å². The maximum atomic E-state index is 12.6. The van der Waals surface area contributed by atoms with Gasteiger partial charge < -0.3 is 18.8 Å². The third kappa shape index (κ3) is 4.26. The van der Waals surface area contributed by atoms with Crippen LogP contribution in [-0.4, -0.2) is 37.1 Å². The number of carbonyl (C=O) groups is 1. The number of benzene rings is 2. The number of hydrogen-bond acceptors (Lipinski definition) is 5. The van der Waals surface area contributed by atoms with Crippen LogP contribution in [0.3, 0.4) is 0 Å². The first-order valence-electron chi connectivity index (χ1n) is 8.90. The Morgan fingerprint density at radius 3 is 2.75 bits per heavy atom. The van der Waals surface area contributed by atoms with Crippen LogP contribution < -0.4 is 10.4 Å². The lowest BCUT2D eigenvalue weighted by atomic mass is 10.1. The predicted molar refractivity (Wildman–Crippen MR) is 107 cm³/mol. The van der Waals surface area contributed by atoms with Crippen LogP contribution in [0, 0.1) is 0 Å². The lowest BCUT2D eigenvalue weighted by molar-refractivity contribution is -0.141. The number of nitrogens with zero attached hydrogens (tertiary/aromatic N) is 1. The summed E-state index contributed by atoms with van der Waals surface area (Å²) in [6.45, 7) is 1.40. The van der Waals surface area contributed by atoms with Crippen molar-refractivity contribution < 1.29 is 18.7 Å². The molecule has 2 heterocycles. The fraction of sp³-hybridized carbons (Fsp3) is 0.238. The highest BCUT2D eigenvalue weighted by molar-refractivity contribution is 9.10. The molecule has 4 rings (SSSR count). The Kier molecular flexibility index (Phi) is 5.45. The Morgan fingerprint density at radius 1 is 1.14 bits per heavy atom. The Hall–Kier alpha value is -2.64. The molecular formula is C21H18BrNO5. The molecule has 0 spiro atoms. The Morgan fingerprint density at radius 2 is 1.93 bits per heavy atom. The summed E-state index contributed by atoms with van der Waals surface area (Å²) >= 11 is 3.42. The van der Waals surface area contributed by atoms with E-state index in [0.717, 1.165) is 15.4 Å². The van der Waals surface area contributed by atoms with Crippen LogP contribution in [-0.2, 0) is 9.53 Å². The number of fused-ring (bicyclic) bond motifs is 1. The Bertz CT molecular complexity index is 1050. The van der Waals surface area contributed by atoms with E-state index in [0.29, 0.717) is 31.0 Å². The molecule has 1 amide bonds. The summed E-state index contributed by atoms with van der Waals surface area (Å²) in [5.41, 5.74) is 1.04. The van der Waals surface area contributed by atoms with Crippen LogP contribution in [0.1, 0.15) is 11.7 Å². The summed E-state index contributed by atoms with van der Waals surface area (Å²) < 4.78 is 17.6. The van der Waals surface area contributed by atoms with E-state index in [9.17, 15) is 9.59 Å². The molecule has 144 valence electrons. The smallest absolute Gasteiger partial charge is 0.336 e. The molecule has 1 aliphatic heterocycles. The monoisotopic (exact) mass is 443 g/mol. The minimum Gasteiger partial charge on any atom is -0.484 e. The molecule has 6 nitrogen and oxygen atoms in total. The molecule has 0 bridgehead atoms. The van der Waals surface area contributed by atoms with Gasteiger partial charge in [0, 0.05) is 28.5 Å². The number of halogens is 1. The highest BCUT2D eigenvalue weighted by Crippen LogP contribution is 2.24. The number of carbonyl (C=O) groups excluding carboxylic acids is 1. The molecule has 0 radical (unpaired) electrons. The van der Waals surface area contributed by atoms with Gasteiger partial charge in [0.05, 0.1) is 13.2 Å². The first-order valence-corrected chi connectivity index (χ1v) is 9.69. The van der Waals surface area contributed by atoms with Gasteiger partial charge in [0.2, 0.25) is 0 Å². The molecule has 1 atom stereocenters. The third-order valence-electron chi connectivity index (χ3n) is 4.62. The minimum absolute atomic E-state index is 0.0877. The molecule has 1 fully saturated rings. The molecule has 1 unspecified atom stereocenters. The van der Waals surface area contributed by atoms with Crippen LogP contribution in [0.25, 0.3) is 11.0 Å². The van der Waals surface area contributed by atoms with Crippen molar-refractivity contribution in [2.24, 2.45) is 0 Å². The molecule has 3 aromatic rings. The van der Waals surface area contributed by atoms with Gasteiger partial charge in [-0.15, -0.1) is 0 Å². The predicted octanol–water partition coefficient (Wildman–Crippen LogP) is 3.53. The van der Waals surface area contributed by atoms with Gasteiger partial charge in [0.25, 0.3) is 5.91 Å². The quantitative estimate of drug-likeness (QED) is 0.576. The number of amides is 1. The topological polar surface area (TPSA) is 69.0 Å². The SMILES string of the molecule is O=C(COc1ccc2ccc(=O)oc2c1)N1CCOC(c2ccc(Br)cc2)C1. The highest BCUT2D eigenvalue weighted by atomic mass is 79.9. The molecule has 0 saturated carbocycles. The van der Waals surface area contributed by atoms with E-state index in [1.54, 1.807) is 29.2 Å². The van der Waals surface area contributed by atoms with Gasteiger partial charge in [-0.25, -0.2) is 4.79 Å². The van der Waals surface area contributed by atoms with E-state index in [2.05, 4.69) is 15.9 Å². The fourth-order valence-electron chi connectivity index (χ4n) is 3.12. The average molecular weight is 444 g/mol. The standard InChI is InChI=1S/C21H18BrNO5/c22-16-5-1-15(2-6-16)19-12-23(9-10-26-19)20(24)13-27-17-7-3-14-4-8-21(25)28-18(14)11-17/h1-8,11,19H,9-10,12-13H2. The maximum Gasteiger partial charge on any atom is 0.336 e. The molecule has 1 aliphatic rings. The summed E-state index contributed by atoms with van der Waals surface area (Å²) in [5, 5.41) is 0.795.